The molecule has 3 aromatic rings. The molecule has 28 heavy (non-hydrogen) atoms. The predicted molar refractivity (Wildman–Crippen MR) is 102 cm³/mol. The molecular weight excluding hydrogens is 407 g/mol. The van der Waals surface area contributed by atoms with Gasteiger partial charge in [-0.2, -0.15) is 4.98 Å². The monoisotopic (exact) mass is 424 g/mol. The summed E-state index contributed by atoms with van der Waals surface area (Å²) in [7, 11) is -3.93. The Morgan fingerprint density at radius 2 is 2.11 bits per heavy atom. The van der Waals surface area contributed by atoms with Crippen LogP contribution in [-0.2, 0) is 21.2 Å². The van der Waals surface area contributed by atoms with Crippen molar-refractivity contribution >= 4 is 33.0 Å². The first-order valence-corrected chi connectivity index (χ1v) is 10.6. The molecule has 0 radical (unpaired) electrons. The van der Waals surface area contributed by atoms with E-state index >= 15 is 0 Å². The van der Waals surface area contributed by atoms with Gasteiger partial charge in [-0.15, -0.1) is 11.3 Å². The molecule has 0 saturated carbocycles. The van der Waals surface area contributed by atoms with Crippen LogP contribution in [0.5, 0.6) is 0 Å². The molecule has 2 N–H and O–H groups in total. The second kappa shape index (κ2) is 8.17. The fourth-order valence-corrected chi connectivity index (χ4v) is 4.85. The molecule has 148 valence electrons. The lowest BCUT2D eigenvalue weighted by molar-refractivity contribution is -0.115. The summed E-state index contributed by atoms with van der Waals surface area (Å²) in [6.07, 6.45) is 0.574. The number of thiophene rings is 1. The van der Waals surface area contributed by atoms with Gasteiger partial charge < -0.3 is 9.84 Å². The van der Waals surface area contributed by atoms with Crippen molar-refractivity contribution < 1.29 is 22.1 Å². The van der Waals surface area contributed by atoms with E-state index in [1.807, 2.05) is 6.92 Å². The summed E-state index contributed by atoms with van der Waals surface area (Å²) >= 11 is 1.21. The Kier molecular flexibility index (Phi) is 5.87. The maximum atomic E-state index is 13.1. The molecular formula is C17H17FN4O4S2. The summed E-state index contributed by atoms with van der Waals surface area (Å²) in [5.74, 6) is -0.353. The number of nitrogens with zero attached hydrogens (tertiary/aromatic N) is 2. The van der Waals surface area contributed by atoms with Crippen molar-refractivity contribution in [3.8, 4) is 10.7 Å². The molecule has 2 heterocycles. The summed E-state index contributed by atoms with van der Waals surface area (Å²) in [6, 6.07) is 6.75. The van der Waals surface area contributed by atoms with Crippen molar-refractivity contribution in [2.75, 3.05) is 11.9 Å². The zero-order valence-corrected chi connectivity index (χ0v) is 16.7. The van der Waals surface area contributed by atoms with Gasteiger partial charge in [-0.3, -0.25) is 4.79 Å². The minimum atomic E-state index is -3.93. The molecule has 0 fully saturated rings. The fourth-order valence-electron chi connectivity index (χ4n) is 2.35. The minimum absolute atomic E-state index is 0.0360. The number of anilines is 1. The molecule has 0 aliphatic carbocycles. The van der Waals surface area contributed by atoms with Gasteiger partial charge >= 0.3 is 0 Å². The lowest BCUT2D eigenvalue weighted by atomic mass is 10.3. The number of hydrogen-bond donors (Lipinski definition) is 2. The van der Waals surface area contributed by atoms with Crippen LogP contribution in [0.1, 0.15) is 17.7 Å². The summed E-state index contributed by atoms with van der Waals surface area (Å²) in [6.45, 7) is 3.02. The standard InChI is InChI=1S/C17H17FN4O4S2/c1-3-16-21-17(22-26-16)13-8-14(10(2)27-13)28(24,25)19-9-15(23)20-12-6-4-5-11(18)7-12/h4-8,19H,3,9H2,1-2H3,(H,20,23). The highest BCUT2D eigenvalue weighted by atomic mass is 32.2. The highest BCUT2D eigenvalue weighted by molar-refractivity contribution is 7.89. The molecule has 1 amide bonds. The Balaban J connectivity index is 1.69. The van der Waals surface area contributed by atoms with Crippen molar-refractivity contribution in [2.45, 2.75) is 25.2 Å². The van der Waals surface area contributed by atoms with E-state index in [0.717, 1.165) is 6.07 Å². The van der Waals surface area contributed by atoms with Crippen molar-refractivity contribution in [3.63, 3.8) is 0 Å². The smallest absolute Gasteiger partial charge is 0.242 e. The topological polar surface area (TPSA) is 114 Å². The van der Waals surface area contributed by atoms with E-state index in [9.17, 15) is 17.6 Å². The molecule has 0 aliphatic rings. The maximum Gasteiger partial charge on any atom is 0.242 e. The van der Waals surface area contributed by atoms with E-state index in [-0.39, 0.29) is 10.6 Å². The summed E-state index contributed by atoms with van der Waals surface area (Å²) in [4.78, 5) is 17.3. The quantitative estimate of drug-likeness (QED) is 0.603. The number of halogens is 1. The molecule has 1 aromatic carbocycles. The lowest BCUT2D eigenvalue weighted by Gasteiger charge is -2.07. The van der Waals surface area contributed by atoms with Gasteiger partial charge in [0.15, 0.2) is 0 Å². The van der Waals surface area contributed by atoms with E-state index in [1.165, 1.54) is 35.6 Å². The minimum Gasteiger partial charge on any atom is -0.339 e. The number of sulfonamides is 1. The molecule has 0 saturated heterocycles. The fraction of sp³-hybridized carbons (Fsp3) is 0.235. The number of aryl methyl sites for hydroxylation is 2. The van der Waals surface area contributed by atoms with Crippen LogP contribution >= 0.6 is 11.3 Å². The van der Waals surface area contributed by atoms with Crippen LogP contribution in [0, 0.1) is 12.7 Å². The van der Waals surface area contributed by atoms with Gasteiger partial charge in [0, 0.05) is 17.0 Å². The van der Waals surface area contributed by atoms with Crippen LogP contribution in [-0.4, -0.2) is 31.0 Å². The molecule has 0 spiro atoms. The molecule has 8 nitrogen and oxygen atoms in total. The van der Waals surface area contributed by atoms with Crippen LogP contribution in [0.15, 0.2) is 39.8 Å². The molecule has 0 bridgehead atoms. The number of rotatable bonds is 7. The molecule has 0 aliphatic heterocycles. The second-order valence-corrected chi connectivity index (χ2v) is 8.77. The first kappa shape index (κ1) is 20.1. The highest BCUT2D eigenvalue weighted by Gasteiger charge is 2.23. The first-order valence-electron chi connectivity index (χ1n) is 8.27. The summed E-state index contributed by atoms with van der Waals surface area (Å²) in [5.41, 5.74) is 0.238. The normalized spacial score (nSPS) is 11.5. The van der Waals surface area contributed by atoms with Crippen LogP contribution < -0.4 is 10.0 Å². The van der Waals surface area contributed by atoms with Crippen molar-refractivity contribution in [1.29, 1.82) is 0 Å². The van der Waals surface area contributed by atoms with E-state index in [2.05, 4.69) is 20.2 Å². The molecule has 0 unspecified atom stereocenters. The average Bonchev–Trinajstić information content (AvgIpc) is 3.27. The van der Waals surface area contributed by atoms with Crippen LogP contribution in [0.25, 0.3) is 10.7 Å². The lowest BCUT2D eigenvalue weighted by Crippen LogP contribution is -2.33. The number of aromatic nitrogens is 2. The molecule has 11 heteroatoms. The number of amides is 1. The predicted octanol–water partition coefficient (Wildman–Crippen LogP) is 2.73. The zero-order chi connectivity index (χ0) is 20.3. The van der Waals surface area contributed by atoms with Crippen molar-refractivity contribution in [1.82, 2.24) is 14.9 Å². The number of carbonyl (C=O) groups is 1. The summed E-state index contributed by atoms with van der Waals surface area (Å²) in [5, 5.41) is 6.26. The number of benzene rings is 1. The maximum absolute atomic E-state index is 13.1. The average molecular weight is 424 g/mol. The van der Waals surface area contributed by atoms with Crippen molar-refractivity contribution in [3.05, 3.63) is 46.9 Å². The van der Waals surface area contributed by atoms with Gasteiger partial charge in [-0.25, -0.2) is 17.5 Å². The highest BCUT2D eigenvalue weighted by Crippen LogP contribution is 2.32. The Morgan fingerprint density at radius 1 is 1.32 bits per heavy atom. The van der Waals surface area contributed by atoms with Crippen LogP contribution in [0.4, 0.5) is 10.1 Å². The third kappa shape index (κ3) is 4.61. The third-order valence-corrected chi connectivity index (χ3v) is 6.39. The number of nitrogens with one attached hydrogen (secondary N) is 2. The summed E-state index contributed by atoms with van der Waals surface area (Å²) < 4.78 is 45.6. The van der Waals surface area contributed by atoms with Gasteiger partial charge in [-0.1, -0.05) is 18.1 Å². The van der Waals surface area contributed by atoms with Crippen LogP contribution in [0.3, 0.4) is 0 Å². The van der Waals surface area contributed by atoms with Gasteiger partial charge in [0.05, 0.1) is 16.3 Å². The number of hydrogen-bond acceptors (Lipinski definition) is 7. The van der Waals surface area contributed by atoms with Gasteiger partial charge in [0.2, 0.25) is 27.6 Å². The SMILES string of the molecule is CCc1nc(-c2cc(S(=O)(=O)NCC(=O)Nc3cccc(F)c3)c(C)s2)no1. The molecule has 0 atom stereocenters. The Morgan fingerprint density at radius 3 is 2.79 bits per heavy atom. The van der Waals surface area contributed by atoms with E-state index in [0.29, 0.717) is 27.9 Å². The Hall–Kier alpha value is -2.63. The third-order valence-electron chi connectivity index (χ3n) is 3.68. The van der Waals surface area contributed by atoms with Crippen LogP contribution in [0.2, 0.25) is 0 Å². The van der Waals surface area contributed by atoms with Gasteiger partial charge in [0.25, 0.3) is 0 Å². The Labute approximate surface area is 164 Å². The molecule has 2 aromatic heterocycles. The van der Waals surface area contributed by atoms with E-state index in [4.69, 9.17) is 4.52 Å². The van der Waals surface area contributed by atoms with E-state index in [1.54, 1.807) is 6.92 Å². The van der Waals surface area contributed by atoms with Gasteiger partial charge in [0.1, 0.15) is 5.82 Å². The first-order chi connectivity index (χ1) is 13.3. The van der Waals surface area contributed by atoms with Gasteiger partial charge in [-0.05, 0) is 31.2 Å². The van der Waals surface area contributed by atoms with Crippen molar-refractivity contribution in [2.24, 2.45) is 0 Å². The largest absolute Gasteiger partial charge is 0.339 e. The zero-order valence-electron chi connectivity index (χ0n) is 15.0. The second-order valence-electron chi connectivity index (χ2n) is 5.78. The number of carbonyl (C=O) groups excluding carboxylic acids is 1. The van der Waals surface area contributed by atoms with E-state index < -0.39 is 28.3 Å². The molecule has 3 rings (SSSR count). The Bertz CT molecular complexity index is 1110.